The third-order valence-corrected chi connectivity index (χ3v) is 4.23. The Labute approximate surface area is 126 Å². The highest BCUT2D eigenvalue weighted by atomic mass is 16.7. The number of nitrogens with zero attached hydrogens (tertiary/aromatic N) is 1. The lowest BCUT2D eigenvalue weighted by Crippen LogP contribution is -2.45. The molecule has 1 atom stereocenters. The van der Waals surface area contributed by atoms with Crippen LogP contribution in [0.4, 0.5) is 0 Å². The maximum atomic E-state index is 12.7. The molecule has 0 saturated carbocycles. The molecular weight excluding hydrogens is 268 g/mol. The first kappa shape index (κ1) is 15.6. The van der Waals surface area contributed by atoms with Crippen LogP contribution in [0.15, 0.2) is 18.2 Å². The van der Waals surface area contributed by atoms with Gasteiger partial charge in [0.25, 0.3) is 0 Å². The molecule has 1 unspecified atom stereocenters. The summed E-state index contributed by atoms with van der Waals surface area (Å²) in [7, 11) is 0. The highest BCUT2D eigenvalue weighted by Gasteiger charge is 2.33. The SMILES string of the molecule is CCN(Cc1ccc2c(c1)OCO2)C(=O)C(C)(CC)CN. The number of benzene rings is 1. The number of hydrogen-bond donors (Lipinski definition) is 1. The van der Waals surface area contributed by atoms with Gasteiger partial charge in [0.2, 0.25) is 12.7 Å². The predicted molar refractivity (Wildman–Crippen MR) is 81.1 cm³/mol. The van der Waals surface area contributed by atoms with Crippen molar-refractivity contribution in [1.29, 1.82) is 0 Å². The van der Waals surface area contributed by atoms with Gasteiger partial charge in [-0.1, -0.05) is 13.0 Å². The molecule has 1 aromatic carbocycles. The van der Waals surface area contributed by atoms with Crippen LogP contribution in [0.3, 0.4) is 0 Å². The lowest BCUT2D eigenvalue weighted by atomic mass is 9.86. The van der Waals surface area contributed by atoms with Crippen molar-refractivity contribution in [2.45, 2.75) is 33.7 Å². The Hall–Kier alpha value is -1.75. The Morgan fingerprint density at radius 2 is 2.05 bits per heavy atom. The van der Waals surface area contributed by atoms with Gasteiger partial charge in [-0.25, -0.2) is 0 Å². The molecule has 0 saturated heterocycles. The first-order valence-electron chi connectivity index (χ1n) is 7.42. The summed E-state index contributed by atoms with van der Waals surface area (Å²) >= 11 is 0. The molecule has 116 valence electrons. The molecule has 5 heteroatoms. The summed E-state index contributed by atoms with van der Waals surface area (Å²) in [5.41, 5.74) is 6.33. The summed E-state index contributed by atoms with van der Waals surface area (Å²) in [4.78, 5) is 14.5. The number of hydrogen-bond acceptors (Lipinski definition) is 4. The standard InChI is InChI=1S/C16H24N2O3/c1-4-16(3,10-17)15(19)18(5-2)9-12-6-7-13-14(8-12)21-11-20-13/h6-8H,4-5,9-11,17H2,1-3H3. The third-order valence-electron chi connectivity index (χ3n) is 4.23. The van der Waals surface area contributed by atoms with Crippen molar-refractivity contribution in [3.63, 3.8) is 0 Å². The summed E-state index contributed by atoms with van der Waals surface area (Å²) in [6, 6.07) is 5.79. The first-order chi connectivity index (χ1) is 10.0. The Morgan fingerprint density at radius 3 is 2.67 bits per heavy atom. The lowest BCUT2D eigenvalue weighted by molar-refractivity contribution is -0.141. The Kier molecular flexibility index (Phi) is 4.73. The second-order valence-corrected chi connectivity index (χ2v) is 5.63. The normalized spacial score (nSPS) is 15.6. The second-order valence-electron chi connectivity index (χ2n) is 5.63. The molecule has 0 radical (unpaired) electrons. The van der Waals surface area contributed by atoms with Crippen molar-refractivity contribution in [1.82, 2.24) is 4.90 Å². The van der Waals surface area contributed by atoms with Crippen molar-refractivity contribution in [3.05, 3.63) is 23.8 Å². The molecule has 0 aromatic heterocycles. The molecule has 1 aromatic rings. The highest BCUT2D eigenvalue weighted by Crippen LogP contribution is 2.33. The average Bonchev–Trinajstić information content (AvgIpc) is 2.98. The van der Waals surface area contributed by atoms with Crippen molar-refractivity contribution >= 4 is 5.91 Å². The van der Waals surface area contributed by atoms with Gasteiger partial charge in [0, 0.05) is 19.6 Å². The van der Waals surface area contributed by atoms with Crippen molar-refractivity contribution < 1.29 is 14.3 Å². The van der Waals surface area contributed by atoms with E-state index in [1.807, 2.05) is 43.9 Å². The number of ether oxygens (including phenoxy) is 2. The molecule has 1 aliphatic heterocycles. The Morgan fingerprint density at radius 1 is 1.33 bits per heavy atom. The van der Waals surface area contributed by atoms with Crippen molar-refractivity contribution in [2.24, 2.45) is 11.1 Å². The zero-order valence-electron chi connectivity index (χ0n) is 13.0. The largest absolute Gasteiger partial charge is 0.454 e. The van der Waals surface area contributed by atoms with Crippen LogP contribution in [0.5, 0.6) is 11.5 Å². The summed E-state index contributed by atoms with van der Waals surface area (Å²) < 4.78 is 10.7. The zero-order valence-corrected chi connectivity index (χ0v) is 13.0. The summed E-state index contributed by atoms with van der Waals surface area (Å²) in [6.45, 7) is 7.75. The van der Waals surface area contributed by atoms with Crippen LogP contribution in [0.25, 0.3) is 0 Å². The van der Waals surface area contributed by atoms with Gasteiger partial charge in [0.05, 0.1) is 5.41 Å². The van der Waals surface area contributed by atoms with E-state index in [0.29, 0.717) is 19.6 Å². The summed E-state index contributed by atoms with van der Waals surface area (Å²) in [5, 5.41) is 0. The van der Waals surface area contributed by atoms with E-state index in [1.54, 1.807) is 0 Å². The molecule has 1 aliphatic rings. The maximum absolute atomic E-state index is 12.7. The molecule has 1 amide bonds. The fraction of sp³-hybridized carbons (Fsp3) is 0.562. The van der Waals surface area contributed by atoms with Gasteiger partial charge >= 0.3 is 0 Å². The number of carbonyl (C=O) groups excluding carboxylic acids is 1. The van der Waals surface area contributed by atoms with Gasteiger partial charge < -0.3 is 20.1 Å². The smallest absolute Gasteiger partial charge is 0.231 e. The molecular formula is C16H24N2O3. The monoisotopic (exact) mass is 292 g/mol. The predicted octanol–water partition coefficient (Wildman–Crippen LogP) is 2.14. The minimum absolute atomic E-state index is 0.104. The van der Waals surface area contributed by atoms with Crippen LogP contribution in [0, 0.1) is 5.41 Å². The number of carbonyl (C=O) groups is 1. The molecule has 21 heavy (non-hydrogen) atoms. The fourth-order valence-corrected chi connectivity index (χ4v) is 2.35. The van der Waals surface area contributed by atoms with E-state index in [0.717, 1.165) is 23.5 Å². The van der Waals surface area contributed by atoms with E-state index >= 15 is 0 Å². The molecule has 0 spiro atoms. The van der Waals surface area contributed by atoms with Crippen LogP contribution < -0.4 is 15.2 Å². The molecule has 5 nitrogen and oxygen atoms in total. The van der Waals surface area contributed by atoms with E-state index in [-0.39, 0.29) is 12.7 Å². The van der Waals surface area contributed by atoms with Gasteiger partial charge in [-0.2, -0.15) is 0 Å². The molecule has 0 bridgehead atoms. The highest BCUT2D eigenvalue weighted by molar-refractivity contribution is 5.82. The molecule has 2 rings (SSSR count). The summed E-state index contributed by atoms with van der Waals surface area (Å²) in [5.74, 6) is 1.61. The van der Waals surface area contributed by atoms with Gasteiger partial charge in [-0.15, -0.1) is 0 Å². The van der Waals surface area contributed by atoms with E-state index in [2.05, 4.69) is 0 Å². The molecule has 2 N–H and O–H groups in total. The minimum atomic E-state index is -0.494. The van der Waals surface area contributed by atoms with Crippen LogP contribution in [-0.4, -0.2) is 30.7 Å². The molecule has 0 aliphatic carbocycles. The van der Waals surface area contributed by atoms with Crippen LogP contribution in [0.1, 0.15) is 32.8 Å². The van der Waals surface area contributed by atoms with Gasteiger partial charge in [-0.3, -0.25) is 4.79 Å². The van der Waals surface area contributed by atoms with Crippen LogP contribution in [-0.2, 0) is 11.3 Å². The minimum Gasteiger partial charge on any atom is -0.454 e. The molecule has 1 heterocycles. The van der Waals surface area contributed by atoms with E-state index < -0.39 is 5.41 Å². The fourth-order valence-electron chi connectivity index (χ4n) is 2.35. The molecule has 0 fully saturated rings. The Bertz CT molecular complexity index is 512. The van der Waals surface area contributed by atoms with E-state index in [1.165, 1.54) is 0 Å². The van der Waals surface area contributed by atoms with Crippen molar-refractivity contribution in [2.75, 3.05) is 19.9 Å². The number of rotatable bonds is 6. The quantitative estimate of drug-likeness (QED) is 0.872. The Balaban J connectivity index is 2.14. The number of fused-ring (bicyclic) bond motifs is 1. The number of amides is 1. The zero-order chi connectivity index (χ0) is 15.5. The van der Waals surface area contributed by atoms with E-state index in [9.17, 15) is 4.79 Å². The van der Waals surface area contributed by atoms with E-state index in [4.69, 9.17) is 15.2 Å². The second kappa shape index (κ2) is 6.35. The van der Waals surface area contributed by atoms with Crippen LogP contribution in [0.2, 0.25) is 0 Å². The van der Waals surface area contributed by atoms with Gasteiger partial charge in [-0.05, 0) is 38.0 Å². The van der Waals surface area contributed by atoms with Gasteiger partial charge in [0.1, 0.15) is 0 Å². The topological polar surface area (TPSA) is 64.8 Å². The average molecular weight is 292 g/mol. The number of nitrogens with two attached hydrogens (primary N) is 1. The lowest BCUT2D eigenvalue weighted by Gasteiger charge is -2.32. The summed E-state index contributed by atoms with van der Waals surface area (Å²) in [6.07, 6.45) is 0.736. The van der Waals surface area contributed by atoms with Crippen LogP contribution >= 0.6 is 0 Å². The van der Waals surface area contributed by atoms with Crippen molar-refractivity contribution in [3.8, 4) is 11.5 Å². The maximum Gasteiger partial charge on any atom is 0.231 e. The first-order valence-corrected chi connectivity index (χ1v) is 7.42. The third kappa shape index (κ3) is 3.13. The van der Waals surface area contributed by atoms with Gasteiger partial charge in [0.15, 0.2) is 11.5 Å².